The number of quaternary nitrogens is 1. The van der Waals surface area contributed by atoms with Crippen LogP contribution in [0.5, 0.6) is 0 Å². The van der Waals surface area contributed by atoms with Gasteiger partial charge >= 0.3 is 7.82 Å². The van der Waals surface area contributed by atoms with Crippen LogP contribution in [0.25, 0.3) is 0 Å². The SMILES string of the molecule is CC(C)CCCCCCCCCCCCCCOC[C@@H](O)COP(=O)(O)OCC[N+](C)(C)C. The van der Waals surface area contributed by atoms with Gasteiger partial charge in [0.1, 0.15) is 19.3 Å². The Balaban J connectivity index is 3.40. The number of unbranched alkanes of at least 4 members (excludes halogenated alkanes) is 11. The number of aliphatic hydroxyl groups excluding tert-OH is 1. The fraction of sp³-hybridized carbons (Fsp3) is 1.00. The first-order valence-corrected chi connectivity index (χ1v) is 14.7. The molecule has 1 unspecified atom stereocenters. The molecule has 0 radical (unpaired) electrons. The second kappa shape index (κ2) is 20.2. The van der Waals surface area contributed by atoms with Crippen LogP contribution in [0.2, 0.25) is 0 Å². The molecule has 0 rings (SSSR count). The van der Waals surface area contributed by atoms with Crippen molar-refractivity contribution in [3.63, 3.8) is 0 Å². The molecular formula is C25H55NO6P+. The smallest absolute Gasteiger partial charge is 0.388 e. The van der Waals surface area contributed by atoms with E-state index in [1.54, 1.807) is 0 Å². The summed E-state index contributed by atoms with van der Waals surface area (Å²) in [6.07, 6.45) is 16.1. The maximum Gasteiger partial charge on any atom is 0.472 e. The summed E-state index contributed by atoms with van der Waals surface area (Å²) in [5.41, 5.74) is 0. The Morgan fingerprint density at radius 2 is 1.21 bits per heavy atom. The number of phosphoric ester groups is 1. The molecule has 0 heterocycles. The lowest BCUT2D eigenvalue weighted by Gasteiger charge is -2.24. The predicted molar refractivity (Wildman–Crippen MR) is 136 cm³/mol. The Kier molecular flexibility index (Phi) is 20.2. The van der Waals surface area contributed by atoms with Gasteiger partial charge in [0.05, 0.1) is 34.4 Å². The molecule has 0 spiro atoms. The van der Waals surface area contributed by atoms with Crippen molar-refractivity contribution in [3.8, 4) is 0 Å². The summed E-state index contributed by atoms with van der Waals surface area (Å²) in [6.45, 7) is 5.70. The topological polar surface area (TPSA) is 85.2 Å². The van der Waals surface area contributed by atoms with E-state index >= 15 is 0 Å². The molecule has 0 amide bonds. The average molecular weight is 497 g/mol. The molecule has 0 saturated heterocycles. The van der Waals surface area contributed by atoms with Crippen LogP contribution in [0.15, 0.2) is 0 Å². The summed E-state index contributed by atoms with van der Waals surface area (Å²) in [5.74, 6) is 0.847. The highest BCUT2D eigenvalue weighted by atomic mass is 31.2. The third-order valence-electron chi connectivity index (χ3n) is 5.58. The standard InChI is InChI=1S/C25H54NO6P/c1-24(2)18-16-14-12-10-8-6-7-9-11-13-15-17-20-30-22-25(27)23-32-33(28,29)31-21-19-26(3,4)5/h24-25,27H,6-23H2,1-5H3/p+1/t25-/m1/s1. The Morgan fingerprint density at radius 1 is 0.727 bits per heavy atom. The predicted octanol–water partition coefficient (Wildman–Crippen LogP) is 5.93. The highest BCUT2D eigenvalue weighted by Gasteiger charge is 2.24. The van der Waals surface area contributed by atoms with Crippen LogP contribution in [-0.2, 0) is 18.3 Å². The minimum absolute atomic E-state index is 0.0936. The third-order valence-corrected chi connectivity index (χ3v) is 6.56. The molecule has 33 heavy (non-hydrogen) atoms. The van der Waals surface area contributed by atoms with E-state index in [-0.39, 0.29) is 19.8 Å². The molecule has 2 atom stereocenters. The van der Waals surface area contributed by atoms with E-state index in [1.807, 2.05) is 21.1 Å². The Labute approximate surface area is 204 Å². The van der Waals surface area contributed by atoms with Crippen LogP contribution in [-0.4, -0.2) is 74.7 Å². The summed E-state index contributed by atoms with van der Waals surface area (Å²) in [6, 6.07) is 0. The average Bonchev–Trinajstić information content (AvgIpc) is 2.70. The summed E-state index contributed by atoms with van der Waals surface area (Å²) in [5, 5.41) is 9.85. The molecule has 0 saturated carbocycles. The molecule has 2 N–H and O–H groups in total. The van der Waals surface area contributed by atoms with Crippen molar-refractivity contribution < 1.29 is 32.8 Å². The van der Waals surface area contributed by atoms with E-state index in [4.69, 9.17) is 13.8 Å². The van der Waals surface area contributed by atoms with E-state index in [9.17, 15) is 14.6 Å². The summed E-state index contributed by atoms with van der Waals surface area (Å²) < 4.78 is 27.6. The minimum atomic E-state index is -4.14. The van der Waals surface area contributed by atoms with E-state index in [2.05, 4.69) is 13.8 Å². The van der Waals surface area contributed by atoms with Gasteiger partial charge in [-0.25, -0.2) is 4.57 Å². The summed E-state index contributed by atoms with van der Waals surface area (Å²) >= 11 is 0. The minimum Gasteiger partial charge on any atom is -0.388 e. The maximum atomic E-state index is 11.8. The molecule has 0 aliphatic rings. The lowest BCUT2D eigenvalue weighted by molar-refractivity contribution is -0.870. The quantitative estimate of drug-likeness (QED) is 0.0978. The molecule has 0 bridgehead atoms. The molecule has 0 aliphatic carbocycles. The largest absolute Gasteiger partial charge is 0.472 e. The Bertz CT molecular complexity index is 484. The van der Waals surface area contributed by atoms with Gasteiger partial charge < -0.3 is 19.2 Å². The van der Waals surface area contributed by atoms with Crippen LogP contribution >= 0.6 is 7.82 Å². The van der Waals surface area contributed by atoms with E-state index in [0.717, 1.165) is 18.8 Å². The molecule has 200 valence electrons. The highest BCUT2D eigenvalue weighted by molar-refractivity contribution is 7.47. The van der Waals surface area contributed by atoms with Crippen LogP contribution in [0.4, 0.5) is 0 Å². The Hall–Kier alpha value is -0.0100. The van der Waals surface area contributed by atoms with Crippen LogP contribution in [0.3, 0.4) is 0 Å². The third kappa shape index (κ3) is 26.4. The molecule has 0 fully saturated rings. The second-order valence-corrected chi connectivity index (χ2v) is 12.2. The van der Waals surface area contributed by atoms with Gasteiger partial charge in [0.25, 0.3) is 0 Å². The zero-order valence-corrected chi connectivity index (χ0v) is 23.2. The number of ether oxygens (including phenoxy) is 1. The lowest BCUT2D eigenvalue weighted by atomic mass is 10.0. The molecule has 0 aromatic rings. The number of hydrogen-bond donors (Lipinski definition) is 2. The number of likely N-dealkylation sites (N-methyl/N-ethyl adjacent to an activating group) is 1. The fourth-order valence-corrected chi connectivity index (χ4v) is 4.19. The van der Waals surface area contributed by atoms with E-state index in [0.29, 0.717) is 17.6 Å². The number of hydrogen-bond acceptors (Lipinski definition) is 5. The maximum absolute atomic E-state index is 11.8. The number of nitrogens with zero attached hydrogens (tertiary/aromatic N) is 1. The van der Waals surface area contributed by atoms with Gasteiger partial charge in [-0.15, -0.1) is 0 Å². The van der Waals surface area contributed by atoms with Crippen LogP contribution < -0.4 is 0 Å². The fourth-order valence-electron chi connectivity index (χ4n) is 3.44. The number of aliphatic hydroxyl groups is 1. The van der Waals surface area contributed by atoms with Crippen molar-refractivity contribution in [1.82, 2.24) is 0 Å². The van der Waals surface area contributed by atoms with Gasteiger partial charge in [0.2, 0.25) is 0 Å². The summed E-state index contributed by atoms with van der Waals surface area (Å²) in [4.78, 5) is 9.63. The van der Waals surface area contributed by atoms with Crippen molar-refractivity contribution in [2.24, 2.45) is 5.92 Å². The first kappa shape index (κ1) is 33.0. The molecule has 0 aromatic heterocycles. The van der Waals surface area contributed by atoms with E-state index < -0.39 is 13.9 Å². The van der Waals surface area contributed by atoms with Gasteiger partial charge in [-0.05, 0) is 12.3 Å². The monoisotopic (exact) mass is 496 g/mol. The van der Waals surface area contributed by atoms with Gasteiger partial charge in [0.15, 0.2) is 0 Å². The van der Waals surface area contributed by atoms with Crippen molar-refractivity contribution >= 4 is 7.82 Å². The first-order chi connectivity index (χ1) is 15.5. The Morgan fingerprint density at radius 3 is 1.70 bits per heavy atom. The van der Waals surface area contributed by atoms with E-state index in [1.165, 1.54) is 70.6 Å². The van der Waals surface area contributed by atoms with Crippen molar-refractivity contribution in [2.75, 3.05) is 54.1 Å². The van der Waals surface area contributed by atoms with Gasteiger partial charge in [0, 0.05) is 6.61 Å². The van der Waals surface area contributed by atoms with Crippen molar-refractivity contribution in [3.05, 3.63) is 0 Å². The molecule has 7 nitrogen and oxygen atoms in total. The number of rotatable bonds is 24. The summed E-state index contributed by atoms with van der Waals surface area (Å²) in [7, 11) is 1.76. The molecular weight excluding hydrogens is 441 g/mol. The molecule has 8 heteroatoms. The second-order valence-electron chi connectivity index (χ2n) is 10.8. The van der Waals surface area contributed by atoms with Crippen molar-refractivity contribution in [1.29, 1.82) is 0 Å². The highest BCUT2D eigenvalue weighted by Crippen LogP contribution is 2.43. The lowest BCUT2D eigenvalue weighted by Crippen LogP contribution is -2.37. The zero-order valence-electron chi connectivity index (χ0n) is 22.3. The zero-order chi connectivity index (χ0) is 25.0. The van der Waals surface area contributed by atoms with Crippen LogP contribution in [0.1, 0.15) is 97.3 Å². The first-order valence-electron chi connectivity index (χ1n) is 13.2. The normalized spacial score (nSPS) is 15.2. The number of phosphoric acid groups is 1. The molecule has 0 aliphatic heterocycles. The van der Waals surface area contributed by atoms with Gasteiger partial charge in [-0.2, -0.15) is 0 Å². The van der Waals surface area contributed by atoms with Gasteiger partial charge in [-0.1, -0.05) is 90.9 Å². The van der Waals surface area contributed by atoms with Crippen LogP contribution in [0, 0.1) is 5.92 Å². The van der Waals surface area contributed by atoms with Crippen molar-refractivity contribution in [2.45, 2.75) is 103 Å². The van der Waals surface area contributed by atoms with Gasteiger partial charge in [-0.3, -0.25) is 9.05 Å². The molecule has 0 aromatic carbocycles.